The zero-order valence-electron chi connectivity index (χ0n) is 10.7. The van der Waals surface area contributed by atoms with Gasteiger partial charge in [-0.25, -0.2) is 0 Å². The van der Waals surface area contributed by atoms with Gasteiger partial charge >= 0.3 is 12.4 Å². The van der Waals surface area contributed by atoms with Crippen LogP contribution in [0.2, 0.25) is 0 Å². The molecule has 0 unspecified atom stereocenters. The van der Waals surface area contributed by atoms with Crippen LogP contribution in [0.3, 0.4) is 0 Å². The SMILES string of the molecule is CCc1cc(C(O)(C(F)(F)F)C(F)(F)F)cc(C)c1N. The molecule has 1 aromatic carbocycles. The lowest BCUT2D eigenvalue weighted by molar-refractivity contribution is -0.376. The highest BCUT2D eigenvalue weighted by molar-refractivity contribution is 5.56. The van der Waals surface area contributed by atoms with Crippen LogP contribution in [-0.2, 0) is 12.0 Å². The first-order valence-corrected chi connectivity index (χ1v) is 5.61. The number of aliphatic hydroxyl groups is 1. The van der Waals surface area contributed by atoms with Gasteiger partial charge in [0.05, 0.1) is 0 Å². The van der Waals surface area contributed by atoms with Gasteiger partial charge in [-0.2, -0.15) is 26.3 Å². The van der Waals surface area contributed by atoms with E-state index in [9.17, 15) is 31.4 Å². The molecule has 0 saturated carbocycles. The average Bonchev–Trinajstić information content (AvgIpc) is 2.28. The first-order valence-electron chi connectivity index (χ1n) is 5.61. The highest BCUT2D eigenvalue weighted by atomic mass is 19.4. The van der Waals surface area contributed by atoms with Crippen molar-refractivity contribution < 1.29 is 31.4 Å². The molecule has 8 heteroatoms. The van der Waals surface area contributed by atoms with Crippen molar-refractivity contribution in [3.63, 3.8) is 0 Å². The Balaban J connectivity index is 3.65. The molecule has 1 rings (SSSR count). The second kappa shape index (κ2) is 4.83. The maximum Gasteiger partial charge on any atom is 0.430 e. The van der Waals surface area contributed by atoms with Gasteiger partial charge in [-0.15, -0.1) is 0 Å². The van der Waals surface area contributed by atoms with Crippen LogP contribution >= 0.6 is 0 Å². The molecule has 0 saturated heterocycles. The summed E-state index contributed by atoms with van der Waals surface area (Å²) in [4.78, 5) is 0. The van der Waals surface area contributed by atoms with Crippen molar-refractivity contribution in [2.24, 2.45) is 0 Å². The van der Waals surface area contributed by atoms with E-state index in [1.807, 2.05) is 0 Å². The van der Waals surface area contributed by atoms with E-state index in [1.54, 1.807) is 0 Å². The van der Waals surface area contributed by atoms with Crippen molar-refractivity contribution in [1.82, 2.24) is 0 Å². The largest absolute Gasteiger partial charge is 0.430 e. The summed E-state index contributed by atoms with van der Waals surface area (Å²) in [5, 5.41) is 9.30. The van der Waals surface area contributed by atoms with E-state index in [0.29, 0.717) is 12.1 Å². The summed E-state index contributed by atoms with van der Waals surface area (Å²) in [6.45, 7) is 2.82. The number of halogens is 6. The molecule has 3 N–H and O–H groups in total. The highest BCUT2D eigenvalue weighted by Gasteiger charge is 2.71. The fraction of sp³-hybridized carbons (Fsp3) is 0.500. The quantitative estimate of drug-likeness (QED) is 0.649. The molecular weight excluding hydrogens is 288 g/mol. The molecule has 0 aliphatic carbocycles. The third kappa shape index (κ3) is 2.44. The zero-order chi connectivity index (χ0) is 15.9. The maximum absolute atomic E-state index is 12.8. The Bertz CT molecular complexity index is 492. The van der Waals surface area contributed by atoms with Crippen LogP contribution in [0, 0.1) is 6.92 Å². The second-order valence-corrected chi connectivity index (χ2v) is 4.43. The summed E-state index contributed by atoms with van der Waals surface area (Å²) < 4.78 is 76.5. The molecule has 0 radical (unpaired) electrons. The average molecular weight is 301 g/mol. The van der Waals surface area contributed by atoms with Crippen molar-refractivity contribution in [2.45, 2.75) is 38.2 Å². The number of anilines is 1. The van der Waals surface area contributed by atoms with E-state index >= 15 is 0 Å². The summed E-state index contributed by atoms with van der Waals surface area (Å²) in [6.07, 6.45) is -11.6. The topological polar surface area (TPSA) is 46.2 Å². The van der Waals surface area contributed by atoms with Gasteiger partial charge in [-0.05, 0) is 24.5 Å². The van der Waals surface area contributed by atoms with Gasteiger partial charge in [-0.3, -0.25) is 0 Å². The number of rotatable bonds is 2. The third-order valence-corrected chi connectivity index (χ3v) is 3.09. The summed E-state index contributed by atoms with van der Waals surface area (Å²) >= 11 is 0. The third-order valence-electron chi connectivity index (χ3n) is 3.09. The first-order chi connectivity index (χ1) is 8.86. The number of nitrogens with two attached hydrogens (primary N) is 1. The summed E-state index contributed by atoms with van der Waals surface area (Å²) in [6, 6.07) is 1.25. The Kier molecular flexibility index (Phi) is 4.02. The van der Waals surface area contributed by atoms with Gasteiger partial charge in [0, 0.05) is 11.3 Å². The number of aryl methyl sites for hydroxylation is 2. The van der Waals surface area contributed by atoms with Crippen LogP contribution < -0.4 is 5.73 Å². The Labute approximate surface area is 111 Å². The van der Waals surface area contributed by atoms with Crippen molar-refractivity contribution in [1.29, 1.82) is 0 Å². The fourth-order valence-corrected chi connectivity index (χ4v) is 1.86. The van der Waals surface area contributed by atoms with Gasteiger partial charge in [-0.1, -0.05) is 19.1 Å². The van der Waals surface area contributed by atoms with Gasteiger partial charge in [0.2, 0.25) is 0 Å². The lowest BCUT2D eigenvalue weighted by Gasteiger charge is -2.33. The van der Waals surface area contributed by atoms with Crippen LogP contribution in [0.5, 0.6) is 0 Å². The normalized spacial score (nSPS) is 13.7. The van der Waals surface area contributed by atoms with Gasteiger partial charge in [0.15, 0.2) is 0 Å². The van der Waals surface area contributed by atoms with E-state index in [4.69, 9.17) is 5.73 Å². The standard InChI is InChI=1S/C12H13F6NO/c1-3-7-5-8(4-6(2)9(7)19)10(20,11(13,14)15)12(16,17)18/h4-5,20H,3,19H2,1-2H3. The molecule has 2 nitrogen and oxygen atoms in total. The Morgan fingerprint density at radius 1 is 1.05 bits per heavy atom. The molecule has 0 aromatic heterocycles. The van der Waals surface area contributed by atoms with Gasteiger partial charge in [0.1, 0.15) is 0 Å². The molecule has 0 bridgehead atoms. The molecule has 0 aliphatic rings. The molecule has 1 aromatic rings. The van der Waals surface area contributed by atoms with E-state index in [-0.39, 0.29) is 23.2 Å². The smallest absolute Gasteiger partial charge is 0.398 e. The molecular formula is C12H13F6NO. The van der Waals surface area contributed by atoms with Crippen molar-refractivity contribution >= 4 is 5.69 Å². The van der Waals surface area contributed by atoms with E-state index in [2.05, 4.69) is 0 Å². The Hall–Kier alpha value is -1.44. The molecule has 0 spiro atoms. The predicted octanol–water partition coefficient (Wildman–Crippen LogP) is 3.45. The molecule has 0 heterocycles. The lowest BCUT2D eigenvalue weighted by Crippen LogP contribution is -2.54. The molecule has 0 fully saturated rings. The zero-order valence-corrected chi connectivity index (χ0v) is 10.7. The minimum atomic E-state index is -5.89. The Morgan fingerprint density at radius 3 is 1.85 bits per heavy atom. The van der Waals surface area contributed by atoms with Crippen LogP contribution in [-0.4, -0.2) is 17.5 Å². The van der Waals surface area contributed by atoms with E-state index < -0.39 is 23.5 Å². The lowest BCUT2D eigenvalue weighted by atomic mass is 9.88. The van der Waals surface area contributed by atoms with E-state index in [0.717, 1.165) is 0 Å². The number of nitrogen functional groups attached to an aromatic ring is 1. The summed E-state index contributed by atoms with van der Waals surface area (Å²) in [7, 11) is 0. The minimum absolute atomic E-state index is 0.0475. The number of hydrogen-bond acceptors (Lipinski definition) is 2. The fourth-order valence-electron chi connectivity index (χ4n) is 1.86. The number of hydrogen-bond donors (Lipinski definition) is 2. The maximum atomic E-state index is 12.8. The number of benzene rings is 1. The van der Waals surface area contributed by atoms with Crippen LogP contribution in [0.25, 0.3) is 0 Å². The molecule has 0 aliphatic heterocycles. The van der Waals surface area contributed by atoms with Gasteiger partial charge < -0.3 is 10.8 Å². The molecule has 0 atom stereocenters. The van der Waals surface area contributed by atoms with Crippen LogP contribution in [0.15, 0.2) is 12.1 Å². The van der Waals surface area contributed by atoms with Crippen molar-refractivity contribution in [3.05, 3.63) is 28.8 Å². The summed E-state index contributed by atoms with van der Waals surface area (Å²) in [5.41, 5.74) is -0.333. The molecule has 0 amide bonds. The van der Waals surface area contributed by atoms with Gasteiger partial charge in [0.25, 0.3) is 5.60 Å². The number of alkyl halides is 6. The molecule has 20 heavy (non-hydrogen) atoms. The summed E-state index contributed by atoms with van der Waals surface area (Å²) in [5.74, 6) is 0. The molecule has 114 valence electrons. The Morgan fingerprint density at radius 2 is 1.50 bits per heavy atom. The minimum Gasteiger partial charge on any atom is -0.398 e. The van der Waals surface area contributed by atoms with Crippen LogP contribution in [0.1, 0.15) is 23.6 Å². The van der Waals surface area contributed by atoms with Crippen molar-refractivity contribution in [2.75, 3.05) is 5.73 Å². The van der Waals surface area contributed by atoms with Crippen molar-refractivity contribution in [3.8, 4) is 0 Å². The monoisotopic (exact) mass is 301 g/mol. The second-order valence-electron chi connectivity index (χ2n) is 4.43. The van der Waals surface area contributed by atoms with Crippen LogP contribution in [0.4, 0.5) is 32.0 Å². The first kappa shape index (κ1) is 16.6. The predicted molar refractivity (Wildman–Crippen MR) is 61.0 cm³/mol. The van der Waals surface area contributed by atoms with E-state index in [1.165, 1.54) is 13.8 Å². The highest BCUT2D eigenvalue weighted by Crippen LogP contribution is 2.50.